The van der Waals surface area contributed by atoms with Gasteiger partial charge in [0, 0.05) is 41.4 Å². The minimum atomic E-state index is -3.55. The molecule has 3 aromatic rings. The highest BCUT2D eigenvalue weighted by atomic mass is 32.2. The third kappa shape index (κ3) is 5.73. The maximum Gasteiger partial charge on any atom is 0.243 e. The van der Waals surface area contributed by atoms with Crippen molar-refractivity contribution in [1.82, 2.24) is 14.7 Å². The second kappa shape index (κ2) is 10.7. The summed E-state index contributed by atoms with van der Waals surface area (Å²) in [5.41, 5.74) is 6.43. The summed E-state index contributed by atoms with van der Waals surface area (Å²) in [6.45, 7) is 6.99. The first-order chi connectivity index (χ1) is 15.3. The van der Waals surface area contributed by atoms with Crippen molar-refractivity contribution in [1.29, 1.82) is 0 Å². The zero-order valence-corrected chi connectivity index (χ0v) is 20.2. The van der Waals surface area contributed by atoms with Gasteiger partial charge in [0.25, 0.3) is 0 Å². The molecule has 1 aromatic heterocycles. The highest BCUT2D eigenvalue weighted by Gasteiger charge is 2.23. The lowest BCUT2D eigenvalue weighted by atomic mass is 10.2. The van der Waals surface area contributed by atoms with Gasteiger partial charge in [-0.05, 0) is 62.3 Å². The summed E-state index contributed by atoms with van der Waals surface area (Å²) in [5.74, 6) is 0. The Kier molecular flexibility index (Phi) is 8.00. The lowest BCUT2D eigenvalue weighted by molar-refractivity contribution is 0.410. The number of hydrogen-bond acceptors (Lipinski definition) is 4. The summed E-state index contributed by atoms with van der Waals surface area (Å²) in [6.07, 6.45) is 4.95. The van der Waals surface area contributed by atoms with Crippen LogP contribution in [0.5, 0.6) is 0 Å². The van der Waals surface area contributed by atoms with E-state index in [1.54, 1.807) is 34.9 Å². The first kappa shape index (κ1) is 23.9. The van der Waals surface area contributed by atoms with E-state index in [0.29, 0.717) is 18.2 Å². The van der Waals surface area contributed by atoms with E-state index in [0.717, 1.165) is 35.0 Å². The third-order valence-electron chi connectivity index (χ3n) is 4.95. The van der Waals surface area contributed by atoms with Crippen molar-refractivity contribution in [2.24, 2.45) is 5.10 Å². The van der Waals surface area contributed by atoms with Gasteiger partial charge >= 0.3 is 0 Å². The maximum absolute atomic E-state index is 13.1. The Morgan fingerprint density at radius 2 is 1.81 bits per heavy atom. The molecule has 0 unspecified atom stereocenters. The number of rotatable bonds is 9. The van der Waals surface area contributed by atoms with E-state index in [-0.39, 0.29) is 4.90 Å². The van der Waals surface area contributed by atoms with Crippen LogP contribution in [0.25, 0.3) is 10.9 Å². The Bertz CT molecular complexity index is 1190. The number of aromatic amines is 1. The van der Waals surface area contributed by atoms with Gasteiger partial charge in [0.2, 0.25) is 10.0 Å². The third-order valence-corrected chi connectivity index (χ3v) is 7.04. The quantitative estimate of drug-likeness (QED) is 0.241. The molecule has 0 amide bonds. The molecule has 0 radical (unpaired) electrons. The molecule has 1 heterocycles. The van der Waals surface area contributed by atoms with Crippen molar-refractivity contribution in [3.8, 4) is 0 Å². The number of aromatic nitrogens is 1. The van der Waals surface area contributed by atoms with Crippen molar-refractivity contribution < 1.29 is 8.42 Å². The summed E-state index contributed by atoms with van der Waals surface area (Å²) in [4.78, 5) is 3.44. The molecule has 0 spiro atoms. The summed E-state index contributed by atoms with van der Waals surface area (Å²) in [6, 6.07) is 13.0. The van der Waals surface area contributed by atoms with Crippen LogP contribution in [0.4, 0.5) is 5.69 Å². The van der Waals surface area contributed by atoms with E-state index < -0.39 is 10.0 Å². The fraction of sp³-hybridized carbons (Fsp3) is 0.304. The number of anilines is 1. The van der Waals surface area contributed by atoms with Gasteiger partial charge in [-0.1, -0.05) is 31.5 Å². The summed E-state index contributed by atoms with van der Waals surface area (Å²) < 4.78 is 27.8. The molecule has 3 rings (SSSR count). The monoisotopic (exact) mass is 471 g/mol. The molecule has 170 valence electrons. The molecule has 7 nitrogen and oxygen atoms in total. The van der Waals surface area contributed by atoms with E-state index in [4.69, 9.17) is 12.2 Å². The molecule has 2 aromatic carbocycles. The number of hydrazone groups is 1. The van der Waals surface area contributed by atoms with Crippen LogP contribution in [0.2, 0.25) is 0 Å². The van der Waals surface area contributed by atoms with Gasteiger partial charge in [-0.25, -0.2) is 8.42 Å². The van der Waals surface area contributed by atoms with E-state index >= 15 is 0 Å². The zero-order valence-electron chi connectivity index (χ0n) is 18.6. The van der Waals surface area contributed by atoms with Crippen LogP contribution in [0.15, 0.2) is 58.7 Å². The fourth-order valence-electron chi connectivity index (χ4n) is 3.34. The minimum Gasteiger partial charge on any atom is -0.361 e. The van der Waals surface area contributed by atoms with Crippen LogP contribution >= 0.6 is 12.2 Å². The number of hydrogen-bond donors (Lipinski definition) is 3. The molecule has 0 saturated carbocycles. The Balaban J connectivity index is 1.76. The smallest absolute Gasteiger partial charge is 0.243 e. The van der Waals surface area contributed by atoms with Gasteiger partial charge in [0.05, 0.1) is 11.1 Å². The number of nitrogens with zero attached hydrogens (tertiary/aromatic N) is 2. The second-order valence-electron chi connectivity index (χ2n) is 7.55. The van der Waals surface area contributed by atoms with Gasteiger partial charge in [-0.2, -0.15) is 9.41 Å². The number of H-pyrrole nitrogens is 1. The van der Waals surface area contributed by atoms with Gasteiger partial charge in [0.1, 0.15) is 0 Å². The number of thiocarbonyl (C=S) groups is 1. The molecular weight excluding hydrogens is 442 g/mol. The molecule has 0 bridgehead atoms. The molecule has 32 heavy (non-hydrogen) atoms. The topological polar surface area (TPSA) is 89.6 Å². The summed E-state index contributed by atoms with van der Waals surface area (Å²) >= 11 is 5.28. The van der Waals surface area contributed by atoms with Crippen molar-refractivity contribution in [3.63, 3.8) is 0 Å². The minimum absolute atomic E-state index is 0.283. The maximum atomic E-state index is 13.1. The zero-order chi connectivity index (χ0) is 23.1. The van der Waals surface area contributed by atoms with Crippen LogP contribution in [-0.2, 0) is 10.0 Å². The predicted octanol–water partition coefficient (Wildman–Crippen LogP) is 4.61. The molecule has 0 aliphatic heterocycles. The van der Waals surface area contributed by atoms with Crippen molar-refractivity contribution >= 4 is 50.2 Å². The number of nitrogens with one attached hydrogen (secondary N) is 3. The van der Waals surface area contributed by atoms with E-state index in [2.05, 4.69) is 20.8 Å². The SMILES string of the molecule is CCCN(CCC)S(=O)(=O)c1ccc2[nH]cc(C=NNC(=S)Nc3ccc(C)cc3)c2c1. The Morgan fingerprint density at radius 1 is 1.12 bits per heavy atom. The number of fused-ring (bicyclic) bond motifs is 1. The summed E-state index contributed by atoms with van der Waals surface area (Å²) in [5, 5.41) is 8.41. The Hall–Kier alpha value is -2.75. The molecule has 0 fully saturated rings. The van der Waals surface area contributed by atoms with Gasteiger partial charge < -0.3 is 10.3 Å². The van der Waals surface area contributed by atoms with Gasteiger partial charge in [-0.15, -0.1) is 0 Å². The van der Waals surface area contributed by atoms with Crippen LogP contribution in [0, 0.1) is 6.92 Å². The van der Waals surface area contributed by atoms with Crippen molar-refractivity contribution in [2.45, 2.75) is 38.5 Å². The van der Waals surface area contributed by atoms with Crippen molar-refractivity contribution in [2.75, 3.05) is 18.4 Å². The second-order valence-corrected chi connectivity index (χ2v) is 9.89. The first-order valence-electron chi connectivity index (χ1n) is 10.6. The number of aryl methyl sites for hydroxylation is 1. The summed E-state index contributed by atoms with van der Waals surface area (Å²) in [7, 11) is -3.55. The lowest BCUT2D eigenvalue weighted by Gasteiger charge is -2.21. The normalized spacial score (nSPS) is 12.0. The molecular formula is C23H29N5O2S2. The molecule has 9 heteroatoms. The number of benzene rings is 2. The van der Waals surface area contributed by atoms with Gasteiger partial charge in [-0.3, -0.25) is 5.43 Å². The predicted molar refractivity (Wildman–Crippen MR) is 136 cm³/mol. The number of sulfonamides is 1. The van der Waals surface area contributed by atoms with Gasteiger partial charge in [0.15, 0.2) is 5.11 Å². The molecule has 0 aliphatic rings. The van der Waals surface area contributed by atoms with Crippen LogP contribution in [0.3, 0.4) is 0 Å². The standard InChI is InChI=1S/C23H29N5O2S2/c1-4-12-28(13-5-2)32(29,30)20-10-11-22-21(14-20)18(15-24-22)16-25-27-23(31)26-19-8-6-17(3)7-9-19/h6-11,14-16,24H,4-5,12-13H2,1-3H3,(H2,26,27,31). The molecule has 3 N–H and O–H groups in total. The van der Waals surface area contributed by atoms with Crippen LogP contribution in [0.1, 0.15) is 37.8 Å². The van der Waals surface area contributed by atoms with E-state index in [1.165, 1.54) is 5.56 Å². The van der Waals surface area contributed by atoms with Crippen LogP contribution < -0.4 is 10.7 Å². The van der Waals surface area contributed by atoms with Crippen LogP contribution in [-0.4, -0.2) is 42.1 Å². The lowest BCUT2D eigenvalue weighted by Crippen LogP contribution is -2.32. The van der Waals surface area contributed by atoms with Crippen molar-refractivity contribution in [3.05, 3.63) is 59.8 Å². The van der Waals surface area contributed by atoms with E-state index in [9.17, 15) is 8.42 Å². The molecule has 0 saturated heterocycles. The highest BCUT2D eigenvalue weighted by Crippen LogP contribution is 2.24. The van der Waals surface area contributed by atoms with E-state index in [1.807, 2.05) is 45.0 Å². The Morgan fingerprint density at radius 3 is 2.47 bits per heavy atom. The fourth-order valence-corrected chi connectivity index (χ4v) is 5.17. The average Bonchev–Trinajstić information content (AvgIpc) is 3.17. The molecule has 0 atom stereocenters. The first-order valence-corrected chi connectivity index (χ1v) is 12.5. The Labute approximate surface area is 195 Å². The molecule has 0 aliphatic carbocycles. The largest absolute Gasteiger partial charge is 0.361 e. The highest BCUT2D eigenvalue weighted by molar-refractivity contribution is 7.89. The average molecular weight is 472 g/mol.